The summed E-state index contributed by atoms with van der Waals surface area (Å²) in [6.07, 6.45) is 0. The van der Waals surface area contributed by atoms with Gasteiger partial charge in [-0.3, -0.25) is 0 Å². The Morgan fingerprint density at radius 3 is 2.57 bits per heavy atom. The predicted octanol–water partition coefficient (Wildman–Crippen LogP) is 1.76. The Labute approximate surface area is 86.5 Å². The number of benzene rings is 1. The zero-order valence-electron chi connectivity index (χ0n) is 7.18. The number of carbonyl (C=O) groups excluding carboxylic acids is 1. The van der Waals surface area contributed by atoms with Gasteiger partial charge in [0.05, 0.1) is 0 Å². The number of esters is 1. The first-order valence-electron chi connectivity index (χ1n) is 4.02. The summed E-state index contributed by atoms with van der Waals surface area (Å²) in [5, 5.41) is 1.33. The van der Waals surface area contributed by atoms with Crippen molar-refractivity contribution >= 4 is 24.5 Å². The molecule has 0 N–H and O–H groups in total. The lowest BCUT2D eigenvalue weighted by Crippen LogP contribution is -2.04. The summed E-state index contributed by atoms with van der Waals surface area (Å²) >= 11 is 3.86. The molecule has 3 nitrogen and oxygen atoms in total. The molecule has 1 aromatic rings. The molecule has 2 rings (SSSR count). The molecule has 0 bridgehead atoms. The van der Waals surface area contributed by atoms with Gasteiger partial charge in [-0.1, -0.05) is 18.2 Å². The molecule has 1 heterocycles. The van der Waals surface area contributed by atoms with Gasteiger partial charge in [-0.15, -0.1) is 12.6 Å². The highest BCUT2D eigenvalue weighted by atomic mass is 32.1. The molecule has 14 heavy (non-hydrogen) atoms. The van der Waals surface area contributed by atoms with E-state index in [1.807, 2.05) is 30.3 Å². The molecule has 1 aliphatic heterocycles. The van der Waals surface area contributed by atoms with E-state index in [-0.39, 0.29) is 5.70 Å². The van der Waals surface area contributed by atoms with Gasteiger partial charge in [0.2, 0.25) is 5.90 Å². The quantitative estimate of drug-likeness (QED) is 0.431. The smallest absolute Gasteiger partial charge is 0.364 e. The molecule has 4 heteroatoms. The Hall–Kier alpha value is -1.55. The fourth-order valence-electron chi connectivity index (χ4n) is 1.10. The lowest BCUT2D eigenvalue weighted by molar-refractivity contribution is -0.130. The van der Waals surface area contributed by atoms with Crippen molar-refractivity contribution < 1.29 is 9.53 Å². The van der Waals surface area contributed by atoms with Gasteiger partial charge in [-0.2, -0.15) is 0 Å². The summed E-state index contributed by atoms with van der Waals surface area (Å²) < 4.78 is 4.94. The summed E-state index contributed by atoms with van der Waals surface area (Å²) in [7, 11) is 0. The average Bonchev–Trinajstić information content (AvgIpc) is 2.61. The first kappa shape index (κ1) is 9.02. The molecular weight excluding hydrogens is 198 g/mol. The SMILES string of the molecule is O=C1OC(c2ccccc2)=N/C1=C/S. The molecule has 1 aliphatic rings. The number of ether oxygens (including phenoxy) is 1. The minimum atomic E-state index is -0.459. The summed E-state index contributed by atoms with van der Waals surface area (Å²) in [6, 6.07) is 9.25. The van der Waals surface area contributed by atoms with Crippen molar-refractivity contribution in [2.24, 2.45) is 4.99 Å². The van der Waals surface area contributed by atoms with Crippen LogP contribution in [0.3, 0.4) is 0 Å². The fourth-order valence-corrected chi connectivity index (χ4v) is 1.27. The minimum Gasteiger partial charge on any atom is -0.402 e. The van der Waals surface area contributed by atoms with E-state index >= 15 is 0 Å². The van der Waals surface area contributed by atoms with Crippen LogP contribution >= 0.6 is 12.6 Å². The molecule has 0 aromatic heterocycles. The number of cyclic esters (lactones) is 1. The Morgan fingerprint density at radius 1 is 1.29 bits per heavy atom. The number of nitrogens with zero attached hydrogens (tertiary/aromatic N) is 1. The van der Waals surface area contributed by atoms with Crippen LogP contribution in [0.25, 0.3) is 0 Å². The van der Waals surface area contributed by atoms with Gasteiger partial charge in [0.15, 0.2) is 5.70 Å². The Bertz CT molecular complexity index is 423. The monoisotopic (exact) mass is 205 g/mol. The van der Waals surface area contributed by atoms with Gasteiger partial charge in [0, 0.05) is 11.0 Å². The molecule has 0 saturated heterocycles. The highest BCUT2D eigenvalue weighted by Crippen LogP contribution is 2.16. The summed E-state index contributed by atoms with van der Waals surface area (Å²) in [6.45, 7) is 0. The maximum atomic E-state index is 11.1. The number of hydrogen-bond acceptors (Lipinski definition) is 4. The van der Waals surface area contributed by atoms with E-state index in [1.165, 1.54) is 5.41 Å². The van der Waals surface area contributed by atoms with Crippen LogP contribution in [0.5, 0.6) is 0 Å². The third-order valence-electron chi connectivity index (χ3n) is 1.76. The van der Waals surface area contributed by atoms with E-state index in [0.717, 1.165) is 5.56 Å². The zero-order chi connectivity index (χ0) is 9.97. The van der Waals surface area contributed by atoms with Gasteiger partial charge in [0.25, 0.3) is 0 Å². The third-order valence-corrected chi connectivity index (χ3v) is 2.01. The standard InChI is InChI=1S/C10H7NO2S/c12-10-8(6-14)11-9(13-10)7-4-2-1-3-5-7/h1-6,14H/b8-6+. The van der Waals surface area contributed by atoms with Crippen LogP contribution in [-0.2, 0) is 9.53 Å². The van der Waals surface area contributed by atoms with Gasteiger partial charge < -0.3 is 4.74 Å². The second-order valence-corrected chi connectivity index (χ2v) is 2.95. The van der Waals surface area contributed by atoms with Crippen molar-refractivity contribution in [3.8, 4) is 0 Å². The third kappa shape index (κ3) is 1.56. The normalized spacial score (nSPS) is 18.2. The van der Waals surface area contributed by atoms with Crippen LogP contribution in [-0.4, -0.2) is 11.9 Å². The Morgan fingerprint density at radius 2 is 2.00 bits per heavy atom. The van der Waals surface area contributed by atoms with Crippen molar-refractivity contribution in [3.63, 3.8) is 0 Å². The Balaban J connectivity index is 2.36. The molecule has 0 unspecified atom stereocenters. The van der Waals surface area contributed by atoms with Crippen LogP contribution in [0, 0.1) is 0 Å². The number of hydrogen-bond donors (Lipinski definition) is 1. The second kappa shape index (κ2) is 3.67. The summed E-state index contributed by atoms with van der Waals surface area (Å²) in [5.41, 5.74) is 1.01. The van der Waals surface area contributed by atoms with Crippen molar-refractivity contribution in [3.05, 3.63) is 47.0 Å². The number of thiol groups is 1. The molecule has 0 radical (unpaired) electrons. The van der Waals surface area contributed by atoms with E-state index in [0.29, 0.717) is 5.90 Å². The lowest BCUT2D eigenvalue weighted by atomic mass is 10.2. The average molecular weight is 205 g/mol. The van der Waals surface area contributed by atoms with Gasteiger partial charge in [-0.25, -0.2) is 9.79 Å². The van der Waals surface area contributed by atoms with E-state index in [2.05, 4.69) is 17.6 Å². The zero-order valence-corrected chi connectivity index (χ0v) is 8.07. The largest absolute Gasteiger partial charge is 0.402 e. The summed E-state index contributed by atoms with van der Waals surface area (Å²) in [4.78, 5) is 15.1. The van der Waals surface area contributed by atoms with Crippen molar-refractivity contribution in [2.75, 3.05) is 0 Å². The van der Waals surface area contributed by atoms with Gasteiger partial charge in [0.1, 0.15) is 0 Å². The first-order chi connectivity index (χ1) is 6.81. The van der Waals surface area contributed by atoms with Crippen LogP contribution < -0.4 is 0 Å². The molecule has 0 atom stereocenters. The highest BCUT2D eigenvalue weighted by molar-refractivity contribution is 7.83. The number of rotatable bonds is 1. The van der Waals surface area contributed by atoms with E-state index < -0.39 is 5.97 Å². The van der Waals surface area contributed by atoms with Crippen LogP contribution in [0.2, 0.25) is 0 Å². The van der Waals surface area contributed by atoms with Crippen LogP contribution in [0.1, 0.15) is 5.56 Å². The molecule has 0 fully saturated rings. The Kier molecular flexibility index (Phi) is 2.37. The molecule has 0 saturated carbocycles. The van der Waals surface area contributed by atoms with Crippen LogP contribution in [0.4, 0.5) is 0 Å². The van der Waals surface area contributed by atoms with Gasteiger partial charge in [-0.05, 0) is 12.1 Å². The molecule has 0 amide bonds. The van der Waals surface area contributed by atoms with E-state index in [1.54, 1.807) is 0 Å². The van der Waals surface area contributed by atoms with Gasteiger partial charge >= 0.3 is 5.97 Å². The number of carbonyl (C=O) groups is 1. The maximum absolute atomic E-state index is 11.1. The molecule has 0 spiro atoms. The first-order valence-corrected chi connectivity index (χ1v) is 4.53. The van der Waals surface area contributed by atoms with Crippen LogP contribution in [0.15, 0.2) is 46.4 Å². The maximum Gasteiger partial charge on any atom is 0.364 e. The van der Waals surface area contributed by atoms with Crippen molar-refractivity contribution in [2.45, 2.75) is 0 Å². The molecule has 70 valence electrons. The van der Waals surface area contributed by atoms with E-state index in [9.17, 15) is 4.79 Å². The van der Waals surface area contributed by atoms with Crippen molar-refractivity contribution in [1.82, 2.24) is 0 Å². The fraction of sp³-hybridized carbons (Fsp3) is 0. The predicted molar refractivity (Wildman–Crippen MR) is 56.1 cm³/mol. The second-order valence-electron chi connectivity index (χ2n) is 2.69. The van der Waals surface area contributed by atoms with Crippen molar-refractivity contribution in [1.29, 1.82) is 0 Å². The molecule has 1 aromatic carbocycles. The lowest BCUT2D eigenvalue weighted by Gasteiger charge is -1.96. The number of aliphatic imine (C=N–C) groups is 1. The minimum absolute atomic E-state index is 0.229. The topological polar surface area (TPSA) is 38.7 Å². The highest BCUT2D eigenvalue weighted by Gasteiger charge is 2.22. The van der Waals surface area contributed by atoms with E-state index in [4.69, 9.17) is 4.74 Å². The molecule has 0 aliphatic carbocycles. The summed E-state index contributed by atoms with van der Waals surface area (Å²) in [5.74, 6) is -0.130. The molecular formula is C10H7NO2S.